The summed E-state index contributed by atoms with van der Waals surface area (Å²) >= 11 is 6.16. The minimum Gasteiger partial charge on any atom is -0.494 e. The molecular weight excluding hydrogens is 456 g/mol. The fourth-order valence-electron chi connectivity index (χ4n) is 4.80. The highest BCUT2D eigenvalue weighted by molar-refractivity contribution is 6.31. The number of carbonyl (C=O) groups is 1. The van der Waals surface area contributed by atoms with Gasteiger partial charge in [-0.05, 0) is 49.2 Å². The summed E-state index contributed by atoms with van der Waals surface area (Å²) in [5.41, 5.74) is 1.31. The highest BCUT2D eigenvalue weighted by Crippen LogP contribution is 2.39. The molecule has 3 aromatic rings. The maximum atomic E-state index is 13.6. The number of carbonyl (C=O) groups excluding carboxylic acids is 1. The number of amides is 1. The number of halogens is 1. The van der Waals surface area contributed by atoms with Gasteiger partial charge in [0.15, 0.2) is 5.43 Å². The first-order valence-electron chi connectivity index (χ1n) is 11.7. The van der Waals surface area contributed by atoms with Crippen LogP contribution in [0.2, 0.25) is 5.02 Å². The summed E-state index contributed by atoms with van der Waals surface area (Å²) in [5, 5.41) is 0.821. The molecule has 3 heterocycles. The highest BCUT2D eigenvalue weighted by atomic mass is 35.5. The highest BCUT2D eigenvalue weighted by Gasteiger charge is 2.42. The van der Waals surface area contributed by atoms with E-state index in [0.29, 0.717) is 40.5 Å². The third kappa shape index (κ3) is 4.31. The molecule has 1 saturated heterocycles. The molecule has 1 fully saturated rings. The molecule has 0 unspecified atom stereocenters. The first-order valence-corrected chi connectivity index (χ1v) is 12.0. The Morgan fingerprint density at radius 1 is 1.09 bits per heavy atom. The Labute approximate surface area is 202 Å². The second-order valence-electron chi connectivity index (χ2n) is 8.53. The largest absolute Gasteiger partial charge is 0.494 e. The van der Waals surface area contributed by atoms with Crippen molar-refractivity contribution in [3.8, 4) is 5.75 Å². The van der Waals surface area contributed by atoms with E-state index in [-0.39, 0.29) is 17.1 Å². The zero-order chi connectivity index (χ0) is 23.7. The van der Waals surface area contributed by atoms with Crippen molar-refractivity contribution >= 4 is 28.5 Å². The lowest BCUT2D eigenvalue weighted by Crippen LogP contribution is -2.38. The molecule has 0 saturated carbocycles. The molecule has 2 aliphatic heterocycles. The van der Waals surface area contributed by atoms with E-state index in [1.807, 2.05) is 31.2 Å². The van der Waals surface area contributed by atoms with Crippen LogP contribution >= 0.6 is 11.6 Å². The first-order chi connectivity index (χ1) is 16.6. The SMILES string of the molecule is CCOc1cccc([C@H]2c3c(oc4ccc(Cl)cc4c3=O)C(=O)N2CCCN2CCOCC2)c1. The third-order valence-corrected chi connectivity index (χ3v) is 6.62. The van der Waals surface area contributed by atoms with Gasteiger partial charge in [-0.25, -0.2) is 0 Å². The van der Waals surface area contributed by atoms with Crippen LogP contribution in [0, 0.1) is 0 Å². The quantitative estimate of drug-likeness (QED) is 0.504. The Morgan fingerprint density at radius 3 is 2.71 bits per heavy atom. The van der Waals surface area contributed by atoms with Crippen LogP contribution in [0.15, 0.2) is 51.7 Å². The molecule has 0 spiro atoms. The average Bonchev–Trinajstić information content (AvgIpc) is 3.13. The molecule has 7 nitrogen and oxygen atoms in total. The Kier molecular flexibility index (Phi) is 6.59. The molecule has 34 heavy (non-hydrogen) atoms. The Balaban J connectivity index is 1.54. The van der Waals surface area contributed by atoms with E-state index in [0.717, 1.165) is 44.8 Å². The number of benzene rings is 2. The number of fused-ring (bicyclic) bond motifs is 2. The van der Waals surface area contributed by atoms with Crippen LogP contribution in [0.3, 0.4) is 0 Å². The van der Waals surface area contributed by atoms with Crippen molar-refractivity contribution in [2.24, 2.45) is 0 Å². The second kappa shape index (κ2) is 9.78. The fraction of sp³-hybridized carbons (Fsp3) is 0.385. The average molecular weight is 483 g/mol. The second-order valence-corrected chi connectivity index (χ2v) is 8.97. The maximum absolute atomic E-state index is 13.6. The van der Waals surface area contributed by atoms with Gasteiger partial charge in [-0.3, -0.25) is 14.5 Å². The van der Waals surface area contributed by atoms with E-state index in [1.54, 1.807) is 23.1 Å². The molecule has 0 N–H and O–H groups in total. The summed E-state index contributed by atoms with van der Waals surface area (Å²) in [6.45, 7) is 7.04. The summed E-state index contributed by atoms with van der Waals surface area (Å²) in [5.74, 6) is 0.540. The van der Waals surface area contributed by atoms with Crippen LogP contribution in [0.5, 0.6) is 5.75 Å². The van der Waals surface area contributed by atoms with Crippen molar-refractivity contribution in [2.75, 3.05) is 46.0 Å². The number of nitrogens with zero attached hydrogens (tertiary/aromatic N) is 2. The van der Waals surface area contributed by atoms with Gasteiger partial charge in [-0.2, -0.15) is 0 Å². The number of hydrogen-bond acceptors (Lipinski definition) is 6. The van der Waals surface area contributed by atoms with Gasteiger partial charge >= 0.3 is 0 Å². The van der Waals surface area contributed by atoms with E-state index >= 15 is 0 Å². The van der Waals surface area contributed by atoms with Crippen molar-refractivity contribution in [3.63, 3.8) is 0 Å². The molecule has 2 aromatic carbocycles. The number of morpholine rings is 1. The summed E-state index contributed by atoms with van der Waals surface area (Å²) in [4.78, 5) is 31.3. The Morgan fingerprint density at radius 2 is 1.91 bits per heavy atom. The topological polar surface area (TPSA) is 72.2 Å². The van der Waals surface area contributed by atoms with Crippen LogP contribution in [-0.2, 0) is 4.74 Å². The Hall–Kier alpha value is -2.87. The molecule has 2 aliphatic rings. The summed E-state index contributed by atoms with van der Waals surface area (Å²) in [6, 6.07) is 11.9. The van der Waals surface area contributed by atoms with Gasteiger partial charge < -0.3 is 18.8 Å². The first kappa shape index (κ1) is 22.9. The van der Waals surface area contributed by atoms with E-state index < -0.39 is 6.04 Å². The van der Waals surface area contributed by atoms with Crippen LogP contribution in [0.25, 0.3) is 11.0 Å². The van der Waals surface area contributed by atoms with Crippen molar-refractivity contribution < 1.29 is 18.7 Å². The molecule has 0 radical (unpaired) electrons. The van der Waals surface area contributed by atoms with E-state index in [9.17, 15) is 9.59 Å². The van der Waals surface area contributed by atoms with Crippen LogP contribution in [-0.4, -0.2) is 61.7 Å². The number of ether oxygens (including phenoxy) is 2. The molecule has 0 bridgehead atoms. The van der Waals surface area contributed by atoms with Crippen molar-refractivity contribution in [1.82, 2.24) is 9.80 Å². The molecule has 5 rings (SSSR count). The fourth-order valence-corrected chi connectivity index (χ4v) is 4.97. The molecule has 0 aliphatic carbocycles. The molecular formula is C26H27ClN2O5. The van der Waals surface area contributed by atoms with Crippen molar-refractivity contribution in [3.05, 3.63) is 74.6 Å². The summed E-state index contributed by atoms with van der Waals surface area (Å²) in [7, 11) is 0. The molecule has 178 valence electrons. The van der Waals surface area contributed by atoms with Crippen molar-refractivity contribution in [2.45, 2.75) is 19.4 Å². The minimum absolute atomic E-state index is 0.109. The van der Waals surface area contributed by atoms with E-state index in [2.05, 4.69) is 4.90 Å². The standard InChI is InChI=1S/C26H27ClN2O5/c1-2-33-19-6-3-5-17(15-19)23-22-24(30)20-16-18(27)7-8-21(20)34-25(22)26(31)29(23)10-4-9-28-11-13-32-14-12-28/h3,5-8,15-16,23H,2,4,9-14H2,1H3/t23-/m0/s1. The van der Waals surface area contributed by atoms with Crippen LogP contribution in [0.4, 0.5) is 0 Å². The van der Waals surface area contributed by atoms with Gasteiger partial charge in [-0.1, -0.05) is 23.7 Å². The van der Waals surface area contributed by atoms with Crippen molar-refractivity contribution in [1.29, 1.82) is 0 Å². The van der Waals surface area contributed by atoms with E-state index in [4.69, 9.17) is 25.5 Å². The van der Waals surface area contributed by atoms with Gasteiger partial charge in [-0.15, -0.1) is 0 Å². The van der Waals surface area contributed by atoms with Crippen LogP contribution in [0.1, 0.15) is 41.1 Å². The monoisotopic (exact) mass is 482 g/mol. The summed E-state index contributed by atoms with van der Waals surface area (Å²) < 4.78 is 17.1. The lowest BCUT2D eigenvalue weighted by molar-refractivity contribution is 0.0353. The molecule has 1 atom stereocenters. The lowest BCUT2D eigenvalue weighted by Gasteiger charge is -2.29. The lowest BCUT2D eigenvalue weighted by atomic mass is 9.98. The smallest absolute Gasteiger partial charge is 0.290 e. The molecule has 8 heteroatoms. The molecule has 1 amide bonds. The van der Waals surface area contributed by atoms with Gasteiger partial charge in [0.05, 0.1) is 36.8 Å². The molecule has 1 aromatic heterocycles. The maximum Gasteiger partial charge on any atom is 0.290 e. The third-order valence-electron chi connectivity index (χ3n) is 6.39. The van der Waals surface area contributed by atoms with E-state index in [1.165, 1.54) is 0 Å². The minimum atomic E-state index is -0.549. The predicted molar refractivity (Wildman–Crippen MR) is 130 cm³/mol. The zero-order valence-corrected chi connectivity index (χ0v) is 19.8. The number of rotatable bonds is 7. The predicted octanol–water partition coefficient (Wildman–Crippen LogP) is 4.11. The zero-order valence-electron chi connectivity index (χ0n) is 19.1. The normalized spacial score (nSPS) is 18.5. The van der Waals surface area contributed by atoms with Gasteiger partial charge in [0.25, 0.3) is 5.91 Å². The summed E-state index contributed by atoms with van der Waals surface area (Å²) in [6.07, 6.45) is 0.779. The van der Waals surface area contributed by atoms with Gasteiger partial charge in [0.1, 0.15) is 11.3 Å². The Bertz CT molecular complexity index is 1270. The van der Waals surface area contributed by atoms with Gasteiger partial charge in [0.2, 0.25) is 5.76 Å². The number of hydrogen-bond donors (Lipinski definition) is 0. The van der Waals surface area contributed by atoms with Crippen LogP contribution < -0.4 is 10.2 Å². The van der Waals surface area contributed by atoms with Gasteiger partial charge in [0, 0.05) is 31.2 Å².